The van der Waals surface area contributed by atoms with Crippen LogP contribution in [0.5, 0.6) is 0 Å². The zero-order valence-corrected chi connectivity index (χ0v) is 13.7. The van der Waals surface area contributed by atoms with Crippen LogP contribution in [0.2, 0.25) is 0 Å². The lowest BCUT2D eigenvalue weighted by molar-refractivity contribution is -0.121. The first-order valence-corrected chi connectivity index (χ1v) is 8.39. The molecular formula is C18H26N2O3. The predicted molar refractivity (Wildman–Crippen MR) is 90.0 cm³/mol. The minimum Gasteiger partial charge on any atom is -0.394 e. The van der Waals surface area contributed by atoms with Gasteiger partial charge in [-0.1, -0.05) is 25.5 Å². The molecule has 0 bridgehead atoms. The van der Waals surface area contributed by atoms with Crippen molar-refractivity contribution in [3.8, 4) is 0 Å². The number of nitrogens with one attached hydrogen (secondary N) is 2. The summed E-state index contributed by atoms with van der Waals surface area (Å²) in [6.07, 6.45) is 5.14. The standard InChI is InChI=1S/C18H26N2O3/c1-2-15(12-21)19-17(22)11-14-6-8-16(9-7-14)20-18(23)10-13-4-3-5-13/h6-9,13,15,21H,2-5,10-12H2,1H3,(H,19,22)(H,20,23). The van der Waals surface area contributed by atoms with Gasteiger partial charge in [-0.2, -0.15) is 0 Å². The van der Waals surface area contributed by atoms with Gasteiger partial charge in [0.25, 0.3) is 0 Å². The van der Waals surface area contributed by atoms with Crippen molar-refractivity contribution in [1.82, 2.24) is 5.32 Å². The van der Waals surface area contributed by atoms with E-state index in [1.807, 2.05) is 31.2 Å². The topological polar surface area (TPSA) is 78.4 Å². The van der Waals surface area contributed by atoms with E-state index in [2.05, 4.69) is 10.6 Å². The van der Waals surface area contributed by atoms with Crippen LogP contribution in [0.25, 0.3) is 0 Å². The van der Waals surface area contributed by atoms with Crippen LogP contribution in [0.1, 0.15) is 44.6 Å². The van der Waals surface area contributed by atoms with Crippen LogP contribution >= 0.6 is 0 Å². The number of hydrogen-bond acceptors (Lipinski definition) is 3. The molecule has 0 aromatic heterocycles. The lowest BCUT2D eigenvalue weighted by Crippen LogP contribution is -2.37. The van der Waals surface area contributed by atoms with E-state index in [4.69, 9.17) is 5.11 Å². The second-order valence-electron chi connectivity index (χ2n) is 6.28. The van der Waals surface area contributed by atoms with Crippen LogP contribution in [0, 0.1) is 5.92 Å². The lowest BCUT2D eigenvalue weighted by Gasteiger charge is -2.24. The zero-order valence-electron chi connectivity index (χ0n) is 13.7. The molecule has 0 saturated heterocycles. The van der Waals surface area contributed by atoms with Gasteiger partial charge in [-0.15, -0.1) is 0 Å². The molecule has 5 heteroatoms. The quantitative estimate of drug-likeness (QED) is 0.688. The molecule has 2 amide bonds. The van der Waals surface area contributed by atoms with Crippen LogP contribution in [-0.4, -0.2) is 29.6 Å². The van der Waals surface area contributed by atoms with E-state index >= 15 is 0 Å². The third-order valence-corrected chi connectivity index (χ3v) is 4.38. The molecular weight excluding hydrogens is 292 g/mol. The molecule has 1 saturated carbocycles. The maximum Gasteiger partial charge on any atom is 0.224 e. The second kappa shape index (κ2) is 8.67. The van der Waals surface area contributed by atoms with Crippen molar-refractivity contribution in [3.05, 3.63) is 29.8 Å². The average molecular weight is 318 g/mol. The number of carbonyl (C=O) groups is 2. The Morgan fingerprint density at radius 3 is 2.43 bits per heavy atom. The Morgan fingerprint density at radius 2 is 1.91 bits per heavy atom. The van der Waals surface area contributed by atoms with Gasteiger partial charge in [-0.25, -0.2) is 0 Å². The molecule has 1 aliphatic rings. The lowest BCUT2D eigenvalue weighted by atomic mass is 9.83. The molecule has 1 atom stereocenters. The molecule has 126 valence electrons. The van der Waals surface area contributed by atoms with Gasteiger partial charge in [0.05, 0.1) is 19.1 Å². The fraction of sp³-hybridized carbons (Fsp3) is 0.556. The number of benzene rings is 1. The molecule has 1 unspecified atom stereocenters. The first-order chi connectivity index (χ1) is 11.1. The molecule has 0 aliphatic heterocycles. The number of amides is 2. The minimum atomic E-state index is -0.187. The van der Waals surface area contributed by atoms with Crippen molar-refractivity contribution in [3.63, 3.8) is 0 Å². The van der Waals surface area contributed by atoms with E-state index in [1.165, 1.54) is 6.42 Å². The first-order valence-electron chi connectivity index (χ1n) is 8.39. The Balaban J connectivity index is 1.79. The number of carbonyl (C=O) groups excluding carboxylic acids is 2. The van der Waals surface area contributed by atoms with Gasteiger partial charge < -0.3 is 15.7 Å². The largest absolute Gasteiger partial charge is 0.394 e. The molecule has 1 aromatic carbocycles. The SMILES string of the molecule is CCC(CO)NC(=O)Cc1ccc(NC(=O)CC2CCC2)cc1. The summed E-state index contributed by atoms with van der Waals surface area (Å²) in [6.45, 7) is 1.87. The predicted octanol–water partition coefficient (Wildman–Crippen LogP) is 2.24. The summed E-state index contributed by atoms with van der Waals surface area (Å²) in [5.41, 5.74) is 1.65. The normalized spacial score (nSPS) is 15.6. The summed E-state index contributed by atoms with van der Waals surface area (Å²) in [5, 5.41) is 14.8. The summed E-state index contributed by atoms with van der Waals surface area (Å²) >= 11 is 0. The highest BCUT2D eigenvalue weighted by atomic mass is 16.3. The van der Waals surface area contributed by atoms with Gasteiger partial charge in [0.2, 0.25) is 11.8 Å². The molecule has 1 aromatic rings. The smallest absolute Gasteiger partial charge is 0.224 e. The fourth-order valence-electron chi connectivity index (χ4n) is 2.62. The van der Waals surface area contributed by atoms with E-state index in [0.29, 0.717) is 18.8 Å². The van der Waals surface area contributed by atoms with Crippen molar-refractivity contribution in [2.45, 2.75) is 51.5 Å². The third kappa shape index (κ3) is 5.67. The van der Waals surface area contributed by atoms with Crippen molar-refractivity contribution < 1.29 is 14.7 Å². The number of hydrogen-bond donors (Lipinski definition) is 3. The summed E-state index contributed by atoms with van der Waals surface area (Å²) in [4.78, 5) is 23.7. The van der Waals surface area contributed by atoms with Crippen molar-refractivity contribution >= 4 is 17.5 Å². The Hall–Kier alpha value is -1.88. The van der Waals surface area contributed by atoms with Gasteiger partial charge in [-0.05, 0) is 42.9 Å². The van der Waals surface area contributed by atoms with Gasteiger partial charge in [0.1, 0.15) is 0 Å². The van der Waals surface area contributed by atoms with Crippen molar-refractivity contribution in [2.24, 2.45) is 5.92 Å². The average Bonchev–Trinajstić information content (AvgIpc) is 2.50. The highest BCUT2D eigenvalue weighted by Crippen LogP contribution is 2.29. The number of rotatable bonds is 8. The van der Waals surface area contributed by atoms with Crippen LogP contribution < -0.4 is 10.6 Å². The van der Waals surface area contributed by atoms with E-state index in [0.717, 1.165) is 24.1 Å². The molecule has 2 rings (SSSR count). The van der Waals surface area contributed by atoms with Gasteiger partial charge in [0, 0.05) is 12.1 Å². The van der Waals surface area contributed by atoms with Crippen LogP contribution in [0.3, 0.4) is 0 Å². The van der Waals surface area contributed by atoms with E-state index in [9.17, 15) is 9.59 Å². The Bertz CT molecular complexity index is 520. The molecule has 1 aliphatic carbocycles. The number of anilines is 1. The summed E-state index contributed by atoms with van der Waals surface area (Å²) < 4.78 is 0. The highest BCUT2D eigenvalue weighted by molar-refractivity contribution is 5.91. The molecule has 23 heavy (non-hydrogen) atoms. The molecule has 0 heterocycles. The van der Waals surface area contributed by atoms with E-state index in [1.54, 1.807) is 0 Å². The molecule has 0 spiro atoms. The summed E-state index contributed by atoms with van der Waals surface area (Å²) in [6, 6.07) is 7.15. The first kappa shape index (κ1) is 17.5. The van der Waals surface area contributed by atoms with Crippen LogP contribution in [-0.2, 0) is 16.0 Å². The monoisotopic (exact) mass is 318 g/mol. The zero-order chi connectivity index (χ0) is 16.7. The molecule has 3 N–H and O–H groups in total. The van der Waals surface area contributed by atoms with Gasteiger partial charge in [-0.3, -0.25) is 9.59 Å². The van der Waals surface area contributed by atoms with Crippen molar-refractivity contribution in [2.75, 3.05) is 11.9 Å². The maximum atomic E-state index is 11.9. The minimum absolute atomic E-state index is 0.0474. The summed E-state index contributed by atoms with van der Waals surface area (Å²) in [7, 11) is 0. The maximum absolute atomic E-state index is 11.9. The molecule has 5 nitrogen and oxygen atoms in total. The Labute approximate surface area is 137 Å². The van der Waals surface area contributed by atoms with Crippen LogP contribution in [0.15, 0.2) is 24.3 Å². The fourth-order valence-corrected chi connectivity index (χ4v) is 2.62. The van der Waals surface area contributed by atoms with E-state index < -0.39 is 0 Å². The van der Waals surface area contributed by atoms with Crippen LogP contribution in [0.4, 0.5) is 5.69 Å². The third-order valence-electron chi connectivity index (χ3n) is 4.38. The Kier molecular flexibility index (Phi) is 6.59. The second-order valence-corrected chi connectivity index (χ2v) is 6.28. The summed E-state index contributed by atoms with van der Waals surface area (Å²) in [5.74, 6) is 0.512. The van der Waals surface area contributed by atoms with E-state index in [-0.39, 0.29) is 30.9 Å². The number of aliphatic hydroxyl groups excluding tert-OH is 1. The highest BCUT2D eigenvalue weighted by Gasteiger charge is 2.20. The van der Waals surface area contributed by atoms with Gasteiger partial charge >= 0.3 is 0 Å². The molecule has 0 radical (unpaired) electrons. The number of aliphatic hydroxyl groups is 1. The van der Waals surface area contributed by atoms with Gasteiger partial charge in [0.15, 0.2) is 0 Å². The molecule has 1 fully saturated rings. The Morgan fingerprint density at radius 1 is 1.22 bits per heavy atom. The van der Waals surface area contributed by atoms with Crippen molar-refractivity contribution in [1.29, 1.82) is 0 Å².